The van der Waals surface area contributed by atoms with Crippen molar-refractivity contribution in [3.8, 4) is 0 Å². The number of alkyl carbamates (subject to hydrolysis) is 1. The van der Waals surface area contributed by atoms with Crippen LogP contribution in [0.25, 0.3) is 6.08 Å². The Morgan fingerprint density at radius 2 is 2.10 bits per heavy atom. The first-order valence-electron chi connectivity index (χ1n) is 9.71. The summed E-state index contributed by atoms with van der Waals surface area (Å²) in [5.41, 5.74) is 2.44. The Labute approximate surface area is 175 Å². The number of aryl methyl sites for hydroxylation is 1. The number of anilines is 1. The molecular weight excluding hydrogens is 390 g/mol. The Balaban J connectivity index is 1.79. The first-order valence-corrected chi connectivity index (χ1v) is 10.5. The molecule has 2 heterocycles. The van der Waals surface area contributed by atoms with Gasteiger partial charge >= 0.3 is 6.09 Å². The highest BCUT2D eigenvalue weighted by molar-refractivity contribution is 8.18. The third-order valence-electron chi connectivity index (χ3n) is 4.66. The summed E-state index contributed by atoms with van der Waals surface area (Å²) in [6, 6.07) is 5.88. The van der Waals surface area contributed by atoms with Crippen molar-refractivity contribution < 1.29 is 19.1 Å². The van der Waals surface area contributed by atoms with E-state index in [-0.39, 0.29) is 17.2 Å². The number of hydrogen-bond acceptors (Lipinski definition) is 6. The van der Waals surface area contributed by atoms with Crippen molar-refractivity contribution in [2.24, 2.45) is 0 Å². The number of piperidine rings is 1. The Hall–Kier alpha value is -2.48. The number of nitrogens with zero attached hydrogens (tertiary/aromatic N) is 1. The van der Waals surface area contributed by atoms with Gasteiger partial charge in [0.15, 0.2) is 0 Å². The lowest BCUT2D eigenvalue weighted by atomic mass is 10.0. The minimum Gasteiger partial charge on any atom is -0.444 e. The number of benzene rings is 1. The first kappa shape index (κ1) is 21.2. The standard InChI is InChI=1S/C21H27N3O4S/c1-13-7-5-8-14(11-16-18(25)23-20(27)29-16)17(13)24-10-6-9-15(12-24)22-19(26)28-21(2,3)4/h5,7-8,11,15H,6,9-10,12H2,1-4H3,(H,22,26)(H,23,25,27). The molecule has 2 aliphatic rings. The first-order chi connectivity index (χ1) is 13.6. The summed E-state index contributed by atoms with van der Waals surface area (Å²) in [6.45, 7) is 9.05. The normalized spacial score (nSPS) is 21.3. The molecule has 3 amide bonds. The molecule has 8 heteroatoms. The van der Waals surface area contributed by atoms with Crippen molar-refractivity contribution in [2.75, 3.05) is 18.0 Å². The van der Waals surface area contributed by atoms with Crippen LogP contribution in [0, 0.1) is 6.92 Å². The van der Waals surface area contributed by atoms with Crippen LogP contribution in [0.15, 0.2) is 23.1 Å². The molecule has 1 aromatic rings. The molecule has 1 atom stereocenters. The zero-order valence-corrected chi connectivity index (χ0v) is 18.0. The highest BCUT2D eigenvalue weighted by Crippen LogP contribution is 2.33. The van der Waals surface area contributed by atoms with Gasteiger partial charge in [-0.1, -0.05) is 18.2 Å². The molecule has 1 unspecified atom stereocenters. The number of nitrogens with one attached hydrogen (secondary N) is 2. The third kappa shape index (κ3) is 5.53. The van der Waals surface area contributed by atoms with Crippen LogP contribution in [-0.4, -0.2) is 42.0 Å². The Bertz CT molecular complexity index is 860. The van der Waals surface area contributed by atoms with Gasteiger partial charge in [-0.3, -0.25) is 14.9 Å². The van der Waals surface area contributed by atoms with E-state index >= 15 is 0 Å². The maximum atomic E-state index is 12.2. The predicted octanol–water partition coefficient (Wildman–Crippen LogP) is 3.81. The fourth-order valence-corrected chi connectivity index (χ4v) is 4.24. The summed E-state index contributed by atoms with van der Waals surface area (Å²) < 4.78 is 5.38. The Morgan fingerprint density at radius 1 is 1.34 bits per heavy atom. The van der Waals surface area contributed by atoms with Crippen LogP contribution in [0.1, 0.15) is 44.7 Å². The second-order valence-electron chi connectivity index (χ2n) is 8.30. The van der Waals surface area contributed by atoms with E-state index in [1.165, 1.54) is 0 Å². The molecule has 156 valence electrons. The number of para-hydroxylation sites is 1. The number of carbonyl (C=O) groups is 3. The van der Waals surface area contributed by atoms with Crippen LogP contribution >= 0.6 is 11.8 Å². The number of ether oxygens (including phenoxy) is 1. The van der Waals surface area contributed by atoms with E-state index in [9.17, 15) is 14.4 Å². The van der Waals surface area contributed by atoms with Crippen molar-refractivity contribution in [1.29, 1.82) is 0 Å². The van der Waals surface area contributed by atoms with Crippen LogP contribution in [-0.2, 0) is 9.53 Å². The van der Waals surface area contributed by atoms with E-state index in [0.717, 1.165) is 48.0 Å². The van der Waals surface area contributed by atoms with Crippen LogP contribution in [0.3, 0.4) is 0 Å². The maximum Gasteiger partial charge on any atom is 0.407 e. The smallest absolute Gasteiger partial charge is 0.407 e. The molecular formula is C21H27N3O4S. The van der Waals surface area contributed by atoms with Crippen LogP contribution in [0.2, 0.25) is 0 Å². The summed E-state index contributed by atoms with van der Waals surface area (Å²) in [4.78, 5) is 38.2. The largest absolute Gasteiger partial charge is 0.444 e. The molecule has 0 saturated carbocycles. The molecule has 0 aromatic heterocycles. The van der Waals surface area contributed by atoms with Gasteiger partial charge in [0.25, 0.3) is 11.1 Å². The highest BCUT2D eigenvalue weighted by Gasteiger charge is 2.28. The van der Waals surface area contributed by atoms with Gasteiger partial charge in [-0.25, -0.2) is 4.79 Å². The zero-order valence-electron chi connectivity index (χ0n) is 17.2. The molecule has 29 heavy (non-hydrogen) atoms. The van der Waals surface area contributed by atoms with Crippen molar-refractivity contribution >= 4 is 40.8 Å². The van der Waals surface area contributed by atoms with E-state index in [1.54, 1.807) is 6.08 Å². The number of hydrogen-bond donors (Lipinski definition) is 2. The predicted molar refractivity (Wildman–Crippen MR) is 115 cm³/mol. The lowest BCUT2D eigenvalue weighted by molar-refractivity contribution is -0.115. The fraction of sp³-hybridized carbons (Fsp3) is 0.476. The quantitative estimate of drug-likeness (QED) is 0.727. The molecule has 2 aliphatic heterocycles. The number of rotatable bonds is 3. The van der Waals surface area contributed by atoms with Gasteiger partial charge in [-0.2, -0.15) is 0 Å². The summed E-state index contributed by atoms with van der Waals surface area (Å²) in [5, 5.41) is 4.91. The lowest BCUT2D eigenvalue weighted by Gasteiger charge is -2.36. The summed E-state index contributed by atoms with van der Waals surface area (Å²) in [7, 11) is 0. The molecule has 7 nitrogen and oxygen atoms in total. The zero-order chi connectivity index (χ0) is 21.2. The Morgan fingerprint density at radius 3 is 2.76 bits per heavy atom. The van der Waals surface area contributed by atoms with Gasteiger partial charge in [0.2, 0.25) is 0 Å². The minimum atomic E-state index is -0.537. The number of carbonyl (C=O) groups excluding carboxylic acids is 3. The second kappa shape index (κ2) is 8.49. The number of amides is 3. The van der Waals surface area contributed by atoms with E-state index in [0.29, 0.717) is 11.4 Å². The van der Waals surface area contributed by atoms with E-state index in [2.05, 4.69) is 15.5 Å². The average molecular weight is 418 g/mol. The van der Waals surface area contributed by atoms with Gasteiger partial charge in [0.1, 0.15) is 5.60 Å². The fourth-order valence-electron chi connectivity index (χ4n) is 3.56. The van der Waals surface area contributed by atoms with E-state index in [1.807, 2.05) is 45.9 Å². The molecule has 2 N–H and O–H groups in total. The third-order valence-corrected chi connectivity index (χ3v) is 5.47. The minimum absolute atomic E-state index is 0.0237. The molecule has 0 radical (unpaired) electrons. The second-order valence-corrected chi connectivity index (χ2v) is 9.31. The van der Waals surface area contributed by atoms with Crippen LogP contribution in [0.4, 0.5) is 15.3 Å². The topological polar surface area (TPSA) is 87.7 Å². The van der Waals surface area contributed by atoms with Gasteiger partial charge in [-0.05, 0) is 69.5 Å². The van der Waals surface area contributed by atoms with Gasteiger partial charge in [-0.15, -0.1) is 0 Å². The molecule has 2 saturated heterocycles. The monoisotopic (exact) mass is 417 g/mol. The SMILES string of the molecule is Cc1cccc(C=C2SC(=O)NC2=O)c1N1CCCC(NC(=O)OC(C)(C)C)C1. The van der Waals surface area contributed by atoms with Gasteiger partial charge < -0.3 is 15.0 Å². The van der Waals surface area contributed by atoms with E-state index < -0.39 is 11.7 Å². The Kier molecular flexibility index (Phi) is 6.21. The molecule has 0 bridgehead atoms. The molecule has 2 fully saturated rings. The van der Waals surface area contributed by atoms with Crippen molar-refractivity contribution in [1.82, 2.24) is 10.6 Å². The average Bonchev–Trinajstić information content (AvgIpc) is 2.90. The lowest BCUT2D eigenvalue weighted by Crippen LogP contribution is -2.49. The molecule has 1 aromatic carbocycles. The highest BCUT2D eigenvalue weighted by atomic mass is 32.2. The van der Waals surface area contributed by atoms with Crippen LogP contribution in [0.5, 0.6) is 0 Å². The van der Waals surface area contributed by atoms with Gasteiger partial charge in [0, 0.05) is 24.8 Å². The summed E-state index contributed by atoms with van der Waals surface area (Å²) in [5.74, 6) is -0.365. The number of imide groups is 1. The number of thioether (sulfide) groups is 1. The summed E-state index contributed by atoms with van der Waals surface area (Å²) >= 11 is 0.913. The van der Waals surface area contributed by atoms with E-state index in [4.69, 9.17) is 4.74 Å². The van der Waals surface area contributed by atoms with Crippen molar-refractivity contribution in [3.05, 3.63) is 34.2 Å². The van der Waals surface area contributed by atoms with Gasteiger partial charge in [0.05, 0.1) is 4.91 Å². The summed E-state index contributed by atoms with van der Waals surface area (Å²) in [6.07, 6.45) is 3.16. The van der Waals surface area contributed by atoms with Crippen LogP contribution < -0.4 is 15.5 Å². The molecule has 3 rings (SSSR count). The maximum absolute atomic E-state index is 12.2. The van der Waals surface area contributed by atoms with Crippen molar-refractivity contribution in [3.63, 3.8) is 0 Å². The molecule has 0 spiro atoms. The molecule has 0 aliphatic carbocycles. The van der Waals surface area contributed by atoms with Crippen molar-refractivity contribution in [2.45, 2.75) is 52.2 Å².